The molecule has 3 fully saturated rings. The van der Waals surface area contributed by atoms with Gasteiger partial charge in [0, 0.05) is 17.9 Å². The lowest BCUT2D eigenvalue weighted by atomic mass is 9.67. The van der Waals surface area contributed by atoms with Crippen molar-refractivity contribution in [1.29, 1.82) is 0 Å². The van der Waals surface area contributed by atoms with E-state index in [1.165, 1.54) is 6.07 Å². The molecule has 2 saturated carbocycles. The zero-order valence-corrected chi connectivity index (χ0v) is 22.0. The Labute approximate surface area is 220 Å². The molecule has 0 spiro atoms. The summed E-state index contributed by atoms with van der Waals surface area (Å²) in [5, 5.41) is 10.2. The third kappa shape index (κ3) is 5.42. The van der Waals surface area contributed by atoms with Crippen molar-refractivity contribution < 1.29 is 41.7 Å². The maximum atomic E-state index is 15.4. The van der Waals surface area contributed by atoms with Crippen LogP contribution in [0, 0.1) is 17.2 Å². The second-order valence-corrected chi connectivity index (χ2v) is 11.4. The fraction of sp³-hybridized carbons (Fsp3) is 0.643. The Kier molecular flexibility index (Phi) is 7.60. The number of methoxy groups -OCH3 is 1. The lowest BCUT2D eigenvalue weighted by Gasteiger charge is -2.40. The Hall–Kier alpha value is -2.62. The number of nitrogens with zero attached hydrogens (tertiary/aromatic N) is 1. The molecule has 4 atom stereocenters. The number of halogens is 4. The highest BCUT2D eigenvalue weighted by molar-refractivity contribution is 5.98. The molecule has 1 aliphatic heterocycles. The fourth-order valence-electron chi connectivity index (χ4n) is 6.07. The summed E-state index contributed by atoms with van der Waals surface area (Å²) < 4.78 is 66.8. The van der Waals surface area contributed by atoms with Gasteiger partial charge in [0.15, 0.2) is 5.60 Å². The van der Waals surface area contributed by atoms with E-state index in [0.717, 1.165) is 57.3 Å². The third-order valence-corrected chi connectivity index (χ3v) is 8.28. The van der Waals surface area contributed by atoms with Crippen LogP contribution in [0.3, 0.4) is 0 Å². The van der Waals surface area contributed by atoms with Crippen LogP contribution < -0.4 is 4.74 Å². The molecular formula is C28H35F4NO5. The lowest BCUT2D eigenvalue weighted by molar-refractivity contribution is -0.253. The number of benzene rings is 1. The zero-order chi connectivity index (χ0) is 28.0. The monoisotopic (exact) mass is 541 g/mol. The number of rotatable bonds is 7. The number of β-amino-alcohol motifs (C(OH)–C–C–N with tert-alkyl or cyclic N) is 1. The summed E-state index contributed by atoms with van der Waals surface area (Å²) in [7, 11) is 0.972. The number of hydrogen-bond donors (Lipinski definition) is 1. The molecule has 6 nitrogen and oxygen atoms in total. The molecule has 3 aliphatic rings. The number of carbonyl (C=O) groups excluding carboxylic acids is 2. The number of ether oxygens (including phenoxy) is 2. The van der Waals surface area contributed by atoms with Crippen molar-refractivity contribution in [3.05, 3.63) is 41.2 Å². The van der Waals surface area contributed by atoms with E-state index >= 15 is 4.39 Å². The maximum absolute atomic E-state index is 15.4. The van der Waals surface area contributed by atoms with Gasteiger partial charge in [0.2, 0.25) is 0 Å². The minimum Gasteiger partial charge on any atom is -0.493 e. The molecule has 0 radical (unpaired) electrons. The SMILES string of the molecule is C=C1CC(C)CC(CC)(COc2cc(F)c(C(=O)N3CC(O)(C(F)(F)F)C[C@H]3C(=O)OC)cc2C2CC2)C1. The van der Waals surface area contributed by atoms with Gasteiger partial charge in [0.05, 0.1) is 25.8 Å². The van der Waals surface area contributed by atoms with Gasteiger partial charge >= 0.3 is 12.1 Å². The second kappa shape index (κ2) is 10.2. The third-order valence-electron chi connectivity index (χ3n) is 8.28. The standard InChI is InChI=1S/C28H35F4NO5/c1-5-26(11-16(2)8-17(3)12-26)15-38-23-10-21(29)20(9-19(23)18-6-7-18)24(34)33-14-27(36,28(30,31)32)13-22(33)25(35)37-4/h9-10,17-18,22,36H,2,5-8,11-15H2,1,3-4H3/t17?,22-,26?,27?/m0/s1. The van der Waals surface area contributed by atoms with Crippen LogP contribution in [0.15, 0.2) is 24.3 Å². The van der Waals surface area contributed by atoms with E-state index in [9.17, 15) is 27.9 Å². The van der Waals surface area contributed by atoms with Gasteiger partial charge in [-0.15, -0.1) is 0 Å². The van der Waals surface area contributed by atoms with Crippen LogP contribution in [0.4, 0.5) is 17.6 Å². The number of alkyl halides is 3. The van der Waals surface area contributed by atoms with Crippen molar-refractivity contribution in [2.24, 2.45) is 11.3 Å². The molecule has 10 heteroatoms. The number of amides is 1. The lowest BCUT2D eigenvalue weighted by Crippen LogP contribution is -2.48. The van der Waals surface area contributed by atoms with E-state index in [1.54, 1.807) is 0 Å². The molecule has 1 saturated heterocycles. The number of allylic oxidation sites excluding steroid dienone is 1. The minimum atomic E-state index is -5.10. The predicted octanol–water partition coefficient (Wildman–Crippen LogP) is 5.54. The first kappa shape index (κ1) is 28.4. The molecular weight excluding hydrogens is 506 g/mol. The van der Waals surface area contributed by atoms with Crippen molar-refractivity contribution in [2.45, 2.75) is 82.5 Å². The van der Waals surface area contributed by atoms with Gasteiger partial charge in [-0.05, 0) is 62.0 Å². The van der Waals surface area contributed by atoms with Gasteiger partial charge in [-0.1, -0.05) is 26.0 Å². The molecule has 1 aromatic carbocycles. The van der Waals surface area contributed by atoms with E-state index in [-0.39, 0.29) is 11.3 Å². The summed E-state index contributed by atoms with van der Waals surface area (Å²) >= 11 is 0. The molecule has 2 aliphatic carbocycles. The van der Waals surface area contributed by atoms with E-state index in [2.05, 4.69) is 25.2 Å². The van der Waals surface area contributed by atoms with Crippen LogP contribution in [0.25, 0.3) is 0 Å². The number of aliphatic hydroxyl groups is 1. The zero-order valence-electron chi connectivity index (χ0n) is 22.0. The molecule has 1 aromatic rings. The van der Waals surface area contributed by atoms with E-state index in [1.807, 2.05) is 0 Å². The summed E-state index contributed by atoms with van der Waals surface area (Å²) in [6.07, 6.45) is -0.969. The summed E-state index contributed by atoms with van der Waals surface area (Å²) in [4.78, 5) is 26.1. The van der Waals surface area contributed by atoms with Crippen molar-refractivity contribution in [3.8, 4) is 5.75 Å². The maximum Gasteiger partial charge on any atom is 0.419 e. The first-order valence-corrected chi connectivity index (χ1v) is 13.0. The first-order chi connectivity index (χ1) is 17.7. The van der Waals surface area contributed by atoms with Gasteiger partial charge in [-0.3, -0.25) is 4.79 Å². The molecule has 0 bridgehead atoms. The molecule has 210 valence electrons. The molecule has 3 unspecified atom stereocenters. The highest BCUT2D eigenvalue weighted by Gasteiger charge is 2.62. The van der Waals surface area contributed by atoms with Gasteiger partial charge in [0.1, 0.15) is 17.6 Å². The van der Waals surface area contributed by atoms with Crippen LogP contribution >= 0.6 is 0 Å². The van der Waals surface area contributed by atoms with Crippen molar-refractivity contribution in [2.75, 3.05) is 20.3 Å². The van der Waals surface area contributed by atoms with Crippen LogP contribution in [0.2, 0.25) is 0 Å². The van der Waals surface area contributed by atoms with Gasteiger partial charge in [-0.2, -0.15) is 13.2 Å². The van der Waals surface area contributed by atoms with Crippen molar-refractivity contribution in [1.82, 2.24) is 4.90 Å². The van der Waals surface area contributed by atoms with Gasteiger partial charge in [0.25, 0.3) is 5.91 Å². The topological polar surface area (TPSA) is 76.1 Å². The molecule has 4 rings (SSSR count). The quantitative estimate of drug-likeness (QED) is 0.279. The Bertz CT molecular complexity index is 1120. The summed E-state index contributed by atoms with van der Waals surface area (Å²) in [5.74, 6) is -2.39. The van der Waals surface area contributed by atoms with Crippen LogP contribution in [0.1, 0.15) is 80.6 Å². The van der Waals surface area contributed by atoms with Crippen molar-refractivity contribution >= 4 is 11.9 Å². The number of esters is 1. The van der Waals surface area contributed by atoms with Crippen molar-refractivity contribution in [3.63, 3.8) is 0 Å². The van der Waals surface area contributed by atoms with E-state index in [4.69, 9.17) is 4.74 Å². The predicted molar refractivity (Wildman–Crippen MR) is 131 cm³/mol. The molecule has 38 heavy (non-hydrogen) atoms. The highest BCUT2D eigenvalue weighted by atomic mass is 19.4. The fourth-order valence-corrected chi connectivity index (χ4v) is 6.07. The van der Waals surface area contributed by atoms with Crippen LogP contribution in [-0.2, 0) is 9.53 Å². The number of likely N-dealkylation sites (tertiary alicyclic amines) is 1. The van der Waals surface area contributed by atoms with E-state index < -0.39 is 54.0 Å². The largest absolute Gasteiger partial charge is 0.493 e. The number of hydrogen-bond acceptors (Lipinski definition) is 5. The molecule has 1 heterocycles. The van der Waals surface area contributed by atoms with Crippen LogP contribution in [0.5, 0.6) is 5.75 Å². The average molecular weight is 542 g/mol. The normalized spacial score (nSPS) is 29.9. The van der Waals surface area contributed by atoms with Gasteiger partial charge < -0.3 is 19.5 Å². The van der Waals surface area contributed by atoms with E-state index in [0.29, 0.717) is 28.7 Å². The summed E-state index contributed by atoms with van der Waals surface area (Å²) in [6, 6.07) is 0.736. The Morgan fingerprint density at radius 1 is 1.24 bits per heavy atom. The minimum absolute atomic E-state index is 0.0389. The number of carbonyl (C=O) groups is 2. The smallest absolute Gasteiger partial charge is 0.419 e. The van der Waals surface area contributed by atoms with Gasteiger partial charge in [-0.25, -0.2) is 9.18 Å². The molecule has 1 N–H and O–H groups in total. The Morgan fingerprint density at radius 3 is 2.47 bits per heavy atom. The summed E-state index contributed by atoms with van der Waals surface area (Å²) in [5.41, 5.74) is -2.14. The molecule has 0 aromatic heterocycles. The highest BCUT2D eigenvalue weighted by Crippen LogP contribution is 2.48. The summed E-state index contributed by atoms with van der Waals surface area (Å²) in [6.45, 7) is 7.59. The Balaban J connectivity index is 1.62. The molecule has 1 amide bonds. The Morgan fingerprint density at radius 2 is 1.92 bits per heavy atom. The average Bonchev–Trinajstić information content (AvgIpc) is 3.61. The first-order valence-electron chi connectivity index (χ1n) is 13.0. The van der Waals surface area contributed by atoms with Crippen LogP contribution in [-0.4, -0.2) is 60.0 Å². The second-order valence-electron chi connectivity index (χ2n) is 11.4.